The maximum absolute atomic E-state index is 13.9. The third kappa shape index (κ3) is 5.49. The van der Waals surface area contributed by atoms with Crippen LogP contribution in [0.1, 0.15) is 48.1 Å². The van der Waals surface area contributed by atoms with Gasteiger partial charge < -0.3 is 14.3 Å². The first kappa shape index (κ1) is 21.1. The van der Waals surface area contributed by atoms with Crippen LogP contribution in [0.25, 0.3) is 0 Å². The standard InChI is InChI=1S/C24H25FN2O4/c25-21-6-2-1-5-18(21)13-20-14-26-24(31-20)22-7-3-4-12-27(22)15-17-8-10-19(11-9-17)30-16-23(28)29/h1-2,5-6,8-11,14,22H,3-4,7,12-13,15-16H2,(H,28,29)/t22-/m1/s1. The molecule has 0 saturated carbocycles. The molecule has 0 radical (unpaired) electrons. The summed E-state index contributed by atoms with van der Waals surface area (Å²) in [5.41, 5.74) is 1.70. The van der Waals surface area contributed by atoms with Crippen LogP contribution in [-0.4, -0.2) is 34.1 Å². The van der Waals surface area contributed by atoms with E-state index in [-0.39, 0.29) is 18.5 Å². The average molecular weight is 424 g/mol. The normalized spacial score (nSPS) is 16.9. The van der Waals surface area contributed by atoms with E-state index < -0.39 is 5.97 Å². The van der Waals surface area contributed by atoms with Gasteiger partial charge in [0, 0.05) is 13.0 Å². The van der Waals surface area contributed by atoms with Gasteiger partial charge in [-0.15, -0.1) is 0 Å². The molecule has 1 N–H and O–H groups in total. The smallest absolute Gasteiger partial charge is 0.341 e. The highest BCUT2D eigenvalue weighted by atomic mass is 19.1. The van der Waals surface area contributed by atoms with Gasteiger partial charge in [-0.1, -0.05) is 36.8 Å². The number of piperidine rings is 1. The minimum Gasteiger partial charge on any atom is -0.482 e. The molecule has 0 aliphatic carbocycles. The van der Waals surface area contributed by atoms with Crippen molar-refractivity contribution < 1.29 is 23.4 Å². The van der Waals surface area contributed by atoms with Gasteiger partial charge in [-0.2, -0.15) is 0 Å². The minimum atomic E-state index is -0.999. The number of aliphatic carboxylic acids is 1. The fourth-order valence-electron chi connectivity index (χ4n) is 3.92. The first-order valence-corrected chi connectivity index (χ1v) is 10.4. The monoisotopic (exact) mass is 424 g/mol. The molecule has 2 heterocycles. The molecule has 1 fully saturated rings. The summed E-state index contributed by atoms with van der Waals surface area (Å²) in [4.78, 5) is 17.5. The second-order valence-electron chi connectivity index (χ2n) is 7.74. The molecular weight excluding hydrogens is 399 g/mol. The quantitative estimate of drug-likeness (QED) is 0.570. The predicted octanol–water partition coefficient (Wildman–Crippen LogP) is 4.60. The van der Waals surface area contributed by atoms with Crippen LogP contribution in [0.5, 0.6) is 5.75 Å². The molecule has 6 nitrogen and oxygen atoms in total. The second-order valence-corrected chi connectivity index (χ2v) is 7.74. The fourth-order valence-corrected chi connectivity index (χ4v) is 3.92. The number of carboxylic acid groups (broad SMARTS) is 1. The Morgan fingerprint density at radius 3 is 2.77 bits per heavy atom. The number of carbonyl (C=O) groups is 1. The zero-order valence-corrected chi connectivity index (χ0v) is 17.2. The molecule has 1 aromatic heterocycles. The van der Waals surface area contributed by atoms with Crippen LogP contribution in [0.15, 0.2) is 59.1 Å². The van der Waals surface area contributed by atoms with Gasteiger partial charge in [0.15, 0.2) is 6.61 Å². The summed E-state index contributed by atoms with van der Waals surface area (Å²) in [5.74, 6) is 0.626. The number of hydrogen-bond donors (Lipinski definition) is 1. The second kappa shape index (κ2) is 9.75. The van der Waals surface area contributed by atoms with E-state index in [4.69, 9.17) is 14.3 Å². The van der Waals surface area contributed by atoms with Gasteiger partial charge in [0.05, 0.1) is 12.2 Å². The molecule has 1 atom stereocenters. The third-order valence-electron chi connectivity index (χ3n) is 5.46. The van der Waals surface area contributed by atoms with Crippen molar-refractivity contribution in [3.63, 3.8) is 0 Å². The first-order valence-electron chi connectivity index (χ1n) is 10.4. The maximum atomic E-state index is 13.9. The van der Waals surface area contributed by atoms with Crippen LogP contribution in [0.2, 0.25) is 0 Å². The van der Waals surface area contributed by atoms with E-state index in [1.807, 2.05) is 18.2 Å². The molecule has 7 heteroatoms. The maximum Gasteiger partial charge on any atom is 0.341 e. The van der Waals surface area contributed by atoms with E-state index in [9.17, 15) is 9.18 Å². The van der Waals surface area contributed by atoms with Crippen molar-refractivity contribution in [3.8, 4) is 5.75 Å². The Morgan fingerprint density at radius 2 is 2.00 bits per heavy atom. The molecule has 1 saturated heterocycles. The van der Waals surface area contributed by atoms with Crippen LogP contribution in [-0.2, 0) is 17.8 Å². The number of rotatable bonds is 8. The van der Waals surface area contributed by atoms with Crippen molar-refractivity contribution in [3.05, 3.63) is 83.3 Å². The van der Waals surface area contributed by atoms with Crippen LogP contribution < -0.4 is 4.74 Å². The van der Waals surface area contributed by atoms with Crippen LogP contribution in [0.4, 0.5) is 4.39 Å². The Labute approximate surface area is 180 Å². The average Bonchev–Trinajstić information content (AvgIpc) is 3.23. The van der Waals surface area contributed by atoms with E-state index in [1.165, 1.54) is 6.07 Å². The summed E-state index contributed by atoms with van der Waals surface area (Å²) in [6, 6.07) is 14.2. The molecule has 1 aliphatic rings. The van der Waals surface area contributed by atoms with Crippen molar-refractivity contribution in [2.45, 2.75) is 38.3 Å². The summed E-state index contributed by atoms with van der Waals surface area (Å²) in [7, 11) is 0. The number of halogens is 1. The van der Waals surface area contributed by atoms with Gasteiger partial charge in [-0.25, -0.2) is 14.2 Å². The highest BCUT2D eigenvalue weighted by molar-refractivity contribution is 5.68. The van der Waals surface area contributed by atoms with Gasteiger partial charge in [-0.05, 0) is 48.7 Å². The van der Waals surface area contributed by atoms with Crippen molar-refractivity contribution in [2.75, 3.05) is 13.2 Å². The molecular formula is C24H25FN2O4. The summed E-state index contributed by atoms with van der Waals surface area (Å²) >= 11 is 0. The number of likely N-dealkylation sites (tertiary alicyclic amines) is 1. The number of nitrogens with zero attached hydrogens (tertiary/aromatic N) is 2. The number of oxazole rings is 1. The Bertz CT molecular complexity index is 1020. The lowest BCUT2D eigenvalue weighted by Gasteiger charge is -2.33. The van der Waals surface area contributed by atoms with E-state index in [0.717, 1.165) is 37.9 Å². The van der Waals surface area contributed by atoms with E-state index in [1.54, 1.807) is 30.5 Å². The summed E-state index contributed by atoms with van der Waals surface area (Å²) < 4.78 is 25.2. The van der Waals surface area contributed by atoms with Gasteiger partial charge in [-0.3, -0.25) is 4.90 Å². The van der Waals surface area contributed by atoms with E-state index in [0.29, 0.717) is 29.4 Å². The molecule has 4 rings (SSSR count). The van der Waals surface area contributed by atoms with E-state index in [2.05, 4.69) is 9.88 Å². The fraction of sp³-hybridized carbons (Fsp3) is 0.333. The number of ether oxygens (including phenoxy) is 1. The Hall–Kier alpha value is -3.19. The minimum absolute atomic E-state index is 0.0751. The summed E-state index contributed by atoms with van der Waals surface area (Å²) in [6.45, 7) is 1.31. The number of benzene rings is 2. The molecule has 3 aromatic rings. The Kier molecular flexibility index (Phi) is 6.62. The zero-order chi connectivity index (χ0) is 21.6. The molecule has 0 bridgehead atoms. The molecule has 0 unspecified atom stereocenters. The lowest BCUT2D eigenvalue weighted by molar-refractivity contribution is -0.139. The van der Waals surface area contributed by atoms with Gasteiger partial charge in [0.25, 0.3) is 0 Å². The van der Waals surface area contributed by atoms with Gasteiger partial charge in [0.2, 0.25) is 5.89 Å². The molecule has 0 amide bonds. The Balaban J connectivity index is 1.42. The third-order valence-corrected chi connectivity index (χ3v) is 5.46. The summed E-state index contributed by atoms with van der Waals surface area (Å²) in [6.07, 6.45) is 5.25. The topological polar surface area (TPSA) is 75.8 Å². The molecule has 162 valence electrons. The SMILES string of the molecule is O=C(O)COc1ccc(CN2CCCC[C@@H]2c2ncc(Cc3ccccc3F)o2)cc1. The van der Waals surface area contributed by atoms with Gasteiger partial charge >= 0.3 is 5.97 Å². The molecule has 31 heavy (non-hydrogen) atoms. The highest BCUT2D eigenvalue weighted by Gasteiger charge is 2.28. The zero-order valence-electron chi connectivity index (χ0n) is 17.2. The lowest BCUT2D eigenvalue weighted by Crippen LogP contribution is -2.33. The largest absolute Gasteiger partial charge is 0.482 e. The highest BCUT2D eigenvalue weighted by Crippen LogP contribution is 2.32. The Morgan fingerprint density at radius 1 is 1.19 bits per heavy atom. The lowest BCUT2D eigenvalue weighted by atomic mass is 10.0. The van der Waals surface area contributed by atoms with Crippen molar-refractivity contribution >= 4 is 5.97 Å². The van der Waals surface area contributed by atoms with Crippen LogP contribution >= 0.6 is 0 Å². The number of hydrogen-bond acceptors (Lipinski definition) is 5. The predicted molar refractivity (Wildman–Crippen MR) is 112 cm³/mol. The number of aromatic nitrogens is 1. The summed E-state index contributed by atoms with van der Waals surface area (Å²) in [5, 5.41) is 8.72. The van der Waals surface area contributed by atoms with Gasteiger partial charge in [0.1, 0.15) is 17.3 Å². The van der Waals surface area contributed by atoms with Crippen molar-refractivity contribution in [1.82, 2.24) is 9.88 Å². The first-order chi connectivity index (χ1) is 15.1. The number of carboxylic acids is 1. The van der Waals surface area contributed by atoms with E-state index >= 15 is 0 Å². The molecule has 1 aliphatic heterocycles. The van der Waals surface area contributed by atoms with Crippen molar-refractivity contribution in [1.29, 1.82) is 0 Å². The molecule has 2 aromatic carbocycles. The van der Waals surface area contributed by atoms with Crippen LogP contribution in [0, 0.1) is 5.82 Å². The van der Waals surface area contributed by atoms with Crippen LogP contribution in [0.3, 0.4) is 0 Å². The van der Waals surface area contributed by atoms with Crippen molar-refractivity contribution in [2.24, 2.45) is 0 Å². The molecule has 0 spiro atoms.